The lowest BCUT2D eigenvalue weighted by Crippen LogP contribution is -2.34. The summed E-state index contributed by atoms with van der Waals surface area (Å²) in [7, 11) is 0. The smallest absolute Gasteiger partial charge is 0.0624 e. The fourth-order valence-electron chi connectivity index (χ4n) is 2.94. The number of halogens is 2. The van der Waals surface area contributed by atoms with Gasteiger partial charge < -0.3 is 5.32 Å². The van der Waals surface area contributed by atoms with Crippen LogP contribution in [0, 0.1) is 5.92 Å². The van der Waals surface area contributed by atoms with Gasteiger partial charge in [0.25, 0.3) is 0 Å². The Morgan fingerprint density at radius 1 is 1.29 bits per heavy atom. The third kappa shape index (κ3) is 5.67. The van der Waals surface area contributed by atoms with Crippen molar-refractivity contribution >= 4 is 35.0 Å². The maximum Gasteiger partial charge on any atom is 0.0624 e. The van der Waals surface area contributed by atoms with E-state index in [0.29, 0.717) is 11.1 Å². The highest BCUT2D eigenvalue weighted by Crippen LogP contribution is 2.30. The van der Waals surface area contributed by atoms with E-state index in [4.69, 9.17) is 23.2 Å². The molecule has 0 amide bonds. The van der Waals surface area contributed by atoms with Crippen LogP contribution in [-0.2, 0) is 6.42 Å². The van der Waals surface area contributed by atoms with E-state index in [1.54, 1.807) is 0 Å². The van der Waals surface area contributed by atoms with Gasteiger partial charge in [-0.2, -0.15) is 11.8 Å². The van der Waals surface area contributed by atoms with Crippen LogP contribution in [0.1, 0.15) is 38.2 Å². The van der Waals surface area contributed by atoms with Crippen LogP contribution in [0.4, 0.5) is 0 Å². The Kier molecular flexibility index (Phi) is 7.73. The lowest BCUT2D eigenvalue weighted by Gasteiger charge is -2.27. The molecule has 1 nitrogen and oxygen atoms in total. The van der Waals surface area contributed by atoms with Crippen LogP contribution >= 0.6 is 35.0 Å². The van der Waals surface area contributed by atoms with Crippen molar-refractivity contribution in [3.05, 3.63) is 33.8 Å². The number of hydrogen-bond donors (Lipinski definition) is 1. The van der Waals surface area contributed by atoms with Crippen LogP contribution in [0.15, 0.2) is 18.2 Å². The van der Waals surface area contributed by atoms with Gasteiger partial charge in [0.2, 0.25) is 0 Å². The van der Waals surface area contributed by atoms with E-state index < -0.39 is 0 Å². The zero-order chi connectivity index (χ0) is 15.1. The summed E-state index contributed by atoms with van der Waals surface area (Å²) in [5.74, 6) is 3.50. The Bertz CT molecular complexity index is 433. The molecule has 118 valence electrons. The number of benzene rings is 1. The monoisotopic (exact) mass is 345 g/mol. The molecule has 1 N–H and O–H groups in total. The first-order valence-electron chi connectivity index (χ1n) is 7.94. The molecule has 21 heavy (non-hydrogen) atoms. The van der Waals surface area contributed by atoms with Crippen molar-refractivity contribution in [2.75, 3.05) is 18.1 Å². The molecule has 0 aliphatic carbocycles. The molecular weight excluding hydrogens is 321 g/mol. The minimum Gasteiger partial charge on any atom is -0.314 e. The van der Waals surface area contributed by atoms with Crippen molar-refractivity contribution < 1.29 is 0 Å². The van der Waals surface area contributed by atoms with Gasteiger partial charge in [-0.25, -0.2) is 0 Å². The third-order valence-corrected chi connectivity index (χ3v) is 6.05. The highest BCUT2D eigenvalue weighted by molar-refractivity contribution is 7.99. The highest BCUT2D eigenvalue weighted by Gasteiger charge is 2.20. The quantitative estimate of drug-likeness (QED) is 0.706. The van der Waals surface area contributed by atoms with E-state index in [1.165, 1.54) is 42.8 Å². The second-order valence-corrected chi connectivity index (χ2v) is 7.87. The third-order valence-electron chi connectivity index (χ3n) is 4.14. The Morgan fingerprint density at radius 3 is 2.76 bits per heavy atom. The Balaban J connectivity index is 1.99. The molecule has 1 aromatic carbocycles. The first-order valence-corrected chi connectivity index (χ1v) is 9.85. The second kappa shape index (κ2) is 9.29. The predicted octanol–water partition coefficient (Wildman–Crippen LogP) is 5.44. The molecule has 0 aromatic heterocycles. The van der Waals surface area contributed by atoms with Crippen molar-refractivity contribution in [2.24, 2.45) is 5.92 Å². The van der Waals surface area contributed by atoms with Gasteiger partial charge in [0.15, 0.2) is 0 Å². The summed E-state index contributed by atoms with van der Waals surface area (Å²) >= 11 is 14.6. The van der Waals surface area contributed by atoms with Gasteiger partial charge in [0.1, 0.15) is 0 Å². The fourth-order valence-corrected chi connectivity index (χ4v) is 4.54. The fraction of sp³-hybridized carbons (Fsp3) is 0.647. The van der Waals surface area contributed by atoms with Gasteiger partial charge in [0, 0.05) is 6.04 Å². The van der Waals surface area contributed by atoms with Gasteiger partial charge in [-0.1, -0.05) is 42.3 Å². The van der Waals surface area contributed by atoms with E-state index in [0.717, 1.165) is 23.9 Å². The zero-order valence-electron chi connectivity index (χ0n) is 12.7. The summed E-state index contributed by atoms with van der Waals surface area (Å²) in [6.45, 7) is 3.29. The molecule has 1 atom stereocenters. The van der Waals surface area contributed by atoms with E-state index >= 15 is 0 Å². The van der Waals surface area contributed by atoms with E-state index in [2.05, 4.69) is 30.1 Å². The molecule has 1 fully saturated rings. The average Bonchev–Trinajstić information content (AvgIpc) is 2.50. The SMILES string of the molecule is CCCNC(Cc1cccc(Cl)c1Cl)CC1CCSCC1. The van der Waals surface area contributed by atoms with Crippen molar-refractivity contribution in [3.63, 3.8) is 0 Å². The molecule has 1 saturated heterocycles. The van der Waals surface area contributed by atoms with E-state index in [9.17, 15) is 0 Å². The molecule has 1 heterocycles. The second-order valence-electron chi connectivity index (χ2n) is 5.86. The average molecular weight is 346 g/mol. The van der Waals surface area contributed by atoms with E-state index in [1.807, 2.05) is 12.1 Å². The molecule has 4 heteroatoms. The first kappa shape index (κ1) is 17.5. The summed E-state index contributed by atoms with van der Waals surface area (Å²) < 4.78 is 0. The molecule has 1 aliphatic rings. The largest absolute Gasteiger partial charge is 0.314 e. The Morgan fingerprint density at radius 2 is 2.05 bits per heavy atom. The molecule has 1 aromatic rings. The molecule has 0 bridgehead atoms. The summed E-state index contributed by atoms with van der Waals surface area (Å²) in [4.78, 5) is 0. The van der Waals surface area contributed by atoms with Gasteiger partial charge in [-0.3, -0.25) is 0 Å². The van der Waals surface area contributed by atoms with Gasteiger partial charge in [-0.15, -0.1) is 0 Å². The predicted molar refractivity (Wildman–Crippen MR) is 96.9 cm³/mol. The minimum atomic E-state index is 0.508. The van der Waals surface area contributed by atoms with Crippen LogP contribution in [0.5, 0.6) is 0 Å². The van der Waals surface area contributed by atoms with Crippen LogP contribution in [0.3, 0.4) is 0 Å². The van der Waals surface area contributed by atoms with Crippen molar-refractivity contribution in [1.29, 1.82) is 0 Å². The number of hydrogen-bond acceptors (Lipinski definition) is 2. The standard InChI is InChI=1S/C17H25Cl2NS/c1-2-8-20-15(11-13-6-9-21-10-7-13)12-14-4-3-5-16(18)17(14)19/h3-5,13,15,20H,2,6-12H2,1H3. The zero-order valence-corrected chi connectivity index (χ0v) is 15.0. The lowest BCUT2D eigenvalue weighted by molar-refractivity contribution is 0.362. The van der Waals surface area contributed by atoms with Crippen LogP contribution < -0.4 is 5.32 Å². The Labute approximate surface area is 143 Å². The normalized spacial score (nSPS) is 17.9. The van der Waals surface area contributed by atoms with Crippen LogP contribution in [-0.4, -0.2) is 24.1 Å². The van der Waals surface area contributed by atoms with Gasteiger partial charge in [-0.05, 0) is 67.7 Å². The van der Waals surface area contributed by atoms with E-state index in [-0.39, 0.29) is 0 Å². The number of thioether (sulfide) groups is 1. The number of nitrogens with one attached hydrogen (secondary N) is 1. The maximum atomic E-state index is 6.35. The molecular formula is C17H25Cl2NS. The van der Waals surface area contributed by atoms with Crippen LogP contribution in [0.2, 0.25) is 10.0 Å². The van der Waals surface area contributed by atoms with Crippen molar-refractivity contribution in [2.45, 2.75) is 45.1 Å². The van der Waals surface area contributed by atoms with Crippen molar-refractivity contribution in [1.82, 2.24) is 5.32 Å². The molecule has 2 rings (SSSR count). The summed E-state index contributed by atoms with van der Waals surface area (Å²) in [5.41, 5.74) is 1.17. The van der Waals surface area contributed by atoms with Crippen molar-refractivity contribution in [3.8, 4) is 0 Å². The molecule has 0 saturated carbocycles. The van der Waals surface area contributed by atoms with Crippen LogP contribution in [0.25, 0.3) is 0 Å². The minimum absolute atomic E-state index is 0.508. The number of rotatable bonds is 7. The molecule has 1 aliphatic heterocycles. The molecule has 0 radical (unpaired) electrons. The summed E-state index contributed by atoms with van der Waals surface area (Å²) in [6.07, 6.45) is 6.11. The molecule has 1 unspecified atom stereocenters. The maximum absolute atomic E-state index is 6.35. The Hall–Kier alpha value is 0.110. The highest BCUT2D eigenvalue weighted by atomic mass is 35.5. The lowest BCUT2D eigenvalue weighted by atomic mass is 9.91. The summed E-state index contributed by atoms with van der Waals surface area (Å²) in [5, 5.41) is 5.09. The first-order chi connectivity index (χ1) is 10.2. The van der Waals surface area contributed by atoms with Gasteiger partial charge >= 0.3 is 0 Å². The summed E-state index contributed by atoms with van der Waals surface area (Å²) in [6, 6.07) is 6.47. The molecule has 0 spiro atoms. The topological polar surface area (TPSA) is 12.0 Å². The van der Waals surface area contributed by atoms with Gasteiger partial charge in [0.05, 0.1) is 10.0 Å².